The van der Waals surface area contributed by atoms with Crippen molar-refractivity contribution < 1.29 is 18.3 Å². The molecule has 1 N–H and O–H groups in total. The van der Waals surface area contributed by atoms with Gasteiger partial charge in [0.15, 0.2) is 0 Å². The number of hydrogen-bond acceptors (Lipinski definition) is 2. The van der Waals surface area contributed by atoms with E-state index in [1.165, 1.54) is 18.2 Å². The third kappa shape index (κ3) is 4.56. The Kier molecular flexibility index (Phi) is 5.94. The number of ether oxygens (including phenoxy) is 1. The fourth-order valence-electron chi connectivity index (χ4n) is 2.37. The fourth-order valence-corrected chi connectivity index (χ4v) is 2.86. The van der Waals surface area contributed by atoms with Gasteiger partial charge in [0.1, 0.15) is 29.6 Å². The molecule has 0 saturated carbocycles. The molecule has 3 rings (SSSR count). The lowest BCUT2D eigenvalue weighted by molar-refractivity contribution is 0.101. The molecule has 3 nitrogen and oxygen atoms in total. The second-order valence-electron chi connectivity index (χ2n) is 5.59. The van der Waals surface area contributed by atoms with Gasteiger partial charge in [0.05, 0.1) is 15.7 Å². The Hall–Kier alpha value is -2.63. The van der Waals surface area contributed by atoms with Gasteiger partial charge in [-0.05, 0) is 23.8 Å². The minimum Gasteiger partial charge on any atom is -0.487 e. The molecular weight excluding hydrogens is 395 g/mol. The highest BCUT2D eigenvalue weighted by molar-refractivity contribution is 6.37. The first-order valence-corrected chi connectivity index (χ1v) is 8.62. The van der Waals surface area contributed by atoms with Crippen LogP contribution in [0, 0.1) is 11.6 Å². The second-order valence-corrected chi connectivity index (χ2v) is 6.40. The number of anilines is 1. The summed E-state index contributed by atoms with van der Waals surface area (Å²) in [7, 11) is 0. The van der Waals surface area contributed by atoms with E-state index in [1.54, 1.807) is 0 Å². The number of carbonyl (C=O) groups excluding carboxylic acids is 1. The first-order chi connectivity index (χ1) is 13.0. The smallest absolute Gasteiger partial charge is 0.261 e. The van der Waals surface area contributed by atoms with Gasteiger partial charge in [0.2, 0.25) is 0 Å². The average molecular weight is 408 g/mol. The van der Waals surface area contributed by atoms with Crippen molar-refractivity contribution in [1.82, 2.24) is 0 Å². The van der Waals surface area contributed by atoms with E-state index in [0.717, 1.165) is 17.7 Å². The summed E-state index contributed by atoms with van der Waals surface area (Å²) in [6, 6.07) is 15.3. The molecule has 27 heavy (non-hydrogen) atoms. The summed E-state index contributed by atoms with van der Waals surface area (Å²) in [6.45, 7) is 0.248. The van der Waals surface area contributed by atoms with E-state index >= 15 is 0 Å². The van der Waals surface area contributed by atoms with Crippen LogP contribution in [0.2, 0.25) is 10.0 Å². The lowest BCUT2D eigenvalue weighted by Crippen LogP contribution is -2.16. The molecule has 0 atom stereocenters. The molecule has 0 fully saturated rings. The molecule has 0 aromatic heterocycles. The van der Waals surface area contributed by atoms with Gasteiger partial charge in [0.25, 0.3) is 5.91 Å². The molecule has 3 aromatic carbocycles. The molecule has 0 aliphatic heterocycles. The normalized spacial score (nSPS) is 10.5. The van der Waals surface area contributed by atoms with Gasteiger partial charge in [-0.3, -0.25) is 4.79 Å². The van der Waals surface area contributed by atoms with E-state index in [4.69, 9.17) is 27.9 Å². The van der Waals surface area contributed by atoms with E-state index in [-0.39, 0.29) is 28.1 Å². The van der Waals surface area contributed by atoms with E-state index in [9.17, 15) is 13.6 Å². The Morgan fingerprint density at radius 2 is 1.59 bits per heavy atom. The van der Waals surface area contributed by atoms with Gasteiger partial charge >= 0.3 is 0 Å². The van der Waals surface area contributed by atoms with Crippen LogP contribution in [0.15, 0.2) is 60.7 Å². The number of hydrogen-bond donors (Lipinski definition) is 1. The van der Waals surface area contributed by atoms with Crippen molar-refractivity contribution in [1.29, 1.82) is 0 Å². The van der Waals surface area contributed by atoms with E-state index in [2.05, 4.69) is 5.32 Å². The molecular formula is C20H13Cl2F2NO2. The van der Waals surface area contributed by atoms with Crippen molar-refractivity contribution in [3.63, 3.8) is 0 Å². The van der Waals surface area contributed by atoms with Crippen molar-refractivity contribution in [2.45, 2.75) is 6.61 Å². The molecule has 138 valence electrons. The van der Waals surface area contributed by atoms with Crippen LogP contribution in [-0.4, -0.2) is 5.91 Å². The Morgan fingerprint density at radius 1 is 0.926 bits per heavy atom. The largest absolute Gasteiger partial charge is 0.487 e. The molecule has 0 saturated heterocycles. The maximum atomic E-state index is 13.8. The third-order valence-electron chi connectivity index (χ3n) is 3.70. The summed E-state index contributed by atoms with van der Waals surface area (Å²) < 4.78 is 33.2. The predicted octanol–water partition coefficient (Wildman–Crippen LogP) is 6.10. The number of rotatable bonds is 5. The number of halogens is 4. The van der Waals surface area contributed by atoms with Gasteiger partial charge in [-0.25, -0.2) is 8.78 Å². The lowest BCUT2D eigenvalue weighted by atomic mass is 10.1. The van der Waals surface area contributed by atoms with Gasteiger partial charge < -0.3 is 10.1 Å². The second kappa shape index (κ2) is 8.37. The van der Waals surface area contributed by atoms with Gasteiger partial charge in [-0.1, -0.05) is 59.6 Å². The standard InChI is InChI=1S/C20H13Cl2F2NO2/c21-13-9-14(22)18(27-11-12-5-2-1-3-6-12)10-17(13)25-20(26)19-15(23)7-4-8-16(19)24/h1-10H,11H2,(H,25,26). The fraction of sp³-hybridized carbons (Fsp3) is 0.0500. The Morgan fingerprint density at radius 3 is 2.26 bits per heavy atom. The summed E-state index contributed by atoms with van der Waals surface area (Å²) in [5, 5.41) is 2.73. The maximum absolute atomic E-state index is 13.8. The topological polar surface area (TPSA) is 38.3 Å². The SMILES string of the molecule is O=C(Nc1cc(OCc2ccccc2)c(Cl)cc1Cl)c1c(F)cccc1F. The van der Waals surface area contributed by atoms with Crippen LogP contribution in [0.25, 0.3) is 0 Å². The maximum Gasteiger partial charge on any atom is 0.261 e. The molecule has 0 aliphatic carbocycles. The Balaban J connectivity index is 1.82. The van der Waals surface area contributed by atoms with Gasteiger partial charge in [-0.15, -0.1) is 0 Å². The number of carbonyl (C=O) groups is 1. The molecule has 0 radical (unpaired) electrons. The van der Waals surface area contributed by atoms with E-state index < -0.39 is 23.1 Å². The van der Waals surface area contributed by atoms with Crippen LogP contribution >= 0.6 is 23.2 Å². The number of benzene rings is 3. The minimum absolute atomic E-state index is 0.108. The van der Waals surface area contributed by atoms with Gasteiger partial charge in [0, 0.05) is 6.07 Å². The monoisotopic (exact) mass is 407 g/mol. The van der Waals surface area contributed by atoms with Crippen LogP contribution in [0.5, 0.6) is 5.75 Å². The quantitative estimate of drug-likeness (QED) is 0.554. The molecule has 7 heteroatoms. The van der Waals surface area contributed by atoms with Gasteiger partial charge in [-0.2, -0.15) is 0 Å². The molecule has 1 amide bonds. The lowest BCUT2D eigenvalue weighted by Gasteiger charge is -2.13. The number of nitrogens with one attached hydrogen (secondary N) is 1. The molecule has 0 heterocycles. The van der Waals surface area contributed by atoms with Crippen molar-refractivity contribution in [3.05, 3.63) is 93.5 Å². The van der Waals surface area contributed by atoms with E-state index in [0.29, 0.717) is 0 Å². The van der Waals surface area contributed by atoms with Crippen molar-refractivity contribution >= 4 is 34.8 Å². The van der Waals surface area contributed by atoms with Crippen LogP contribution in [0.4, 0.5) is 14.5 Å². The first-order valence-electron chi connectivity index (χ1n) is 7.87. The van der Waals surface area contributed by atoms with Crippen LogP contribution in [0.1, 0.15) is 15.9 Å². The molecule has 0 spiro atoms. The zero-order valence-corrected chi connectivity index (χ0v) is 15.3. The van der Waals surface area contributed by atoms with Crippen molar-refractivity contribution in [2.75, 3.05) is 5.32 Å². The highest BCUT2D eigenvalue weighted by Crippen LogP contribution is 2.35. The minimum atomic E-state index is -0.974. The average Bonchev–Trinajstić information content (AvgIpc) is 2.63. The van der Waals surface area contributed by atoms with Crippen molar-refractivity contribution in [2.24, 2.45) is 0 Å². The summed E-state index contributed by atoms with van der Waals surface area (Å²) in [6.07, 6.45) is 0. The molecule has 0 bridgehead atoms. The molecule has 3 aromatic rings. The summed E-state index contributed by atoms with van der Waals surface area (Å²) in [5.74, 6) is -2.64. The highest BCUT2D eigenvalue weighted by atomic mass is 35.5. The predicted molar refractivity (Wildman–Crippen MR) is 102 cm³/mol. The summed E-state index contributed by atoms with van der Waals surface area (Å²) in [5.41, 5.74) is 0.342. The zero-order chi connectivity index (χ0) is 19.4. The Bertz CT molecular complexity index is 961. The van der Waals surface area contributed by atoms with Crippen LogP contribution in [0.3, 0.4) is 0 Å². The van der Waals surface area contributed by atoms with Crippen LogP contribution in [-0.2, 0) is 6.61 Å². The zero-order valence-electron chi connectivity index (χ0n) is 13.8. The van der Waals surface area contributed by atoms with Crippen LogP contribution < -0.4 is 10.1 Å². The Labute approximate surface area is 164 Å². The third-order valence-corrected chi connectivity index (χ3v) is 4.30. The van der Waals surface area contributed by atoms with Crippen molar-refractivity contribution in [3.8, 4) is 5.75 Å². The molecule has 0 aliphatic rings. The van der Waals surface area contributed by atoms with E-state index in [1.807, 2.05) is 30.3 Å². The molecule has 0 unspecified atom stereocenters. The summed E-state index contributed by atoms with van der Waals surface area (Å²) >= 11 is 12.2. The highest BCUT2D eigenvalue weighted by Gasteiger charge is 2.19. The first kappa shape index (κ1) is 19.1. The number of amides is 1. The summed E-state index contributed by atoms with van der Waals surface area (Å²) in [4.78, 5) is 12.3.